The molecule has 0 amide bonds. The molecule has 9 unspecified atom stereocenters. The summed E-state index contributed by atoms with van der Waals surface area (Å²) >= 11 is 0. The molecule has 9 atom stereocenters. The molecule has 0 saturated heterocycles. The van der Waals surface area contributed by atoms with Crippen molar-refractivity contribution in [3.63, 3.8) is 0 Å². The van der Waals surface area contributed by atoms with E-state index in [-0.39, 0.29) is 68.7 Å². The largest absolute Gasteiger partial charge is 0.478 e. The number of carboxylic acid groups (broad SMARTS) is 1. The number of ether oxygens (including phenoxy) is 9. The molecule has 0 spiro atoms. The molecule has 13 nitrogen and oxygen atoms in total. The average Bonchev–Trinajstić information content (AvgIpc) is 3.02. The maximum Gasteiger partial charge on any atom is 0.327 e. The van der Waals surface area contributed by atoms with Crippen LogP contribution in [0.2, 0.25) is 0 Å². The molecule has 0 aromatic heterocycles. The Morgan fingerprint density at radius 3 is 1.02 bits per heavy atom. The third-order valence-corrected chi connectivity index (χ3v) is 5.83. The van der Waals surface area contributed by atoms with Crippen LogP contribution >= 0.6 is 0 Å². The molecular formula is C32H64O13. The third-order valence-electron chi connectivity index (χ3n) is 5.83. The molecule has 13 heteroatoms. The zero-order valence-electron chi connectivity index (χ0n) is 29.2. The molecule has 270 valence electrons. The van der Waals surface area contributed by atoms with Gasteiger partial charge >= 0.3 is 5.97 Å². The Kier molecular flexibility index (Phi) is 30.7. The molecule has 0 rings (SSSR count). The minimum absolute atomic E-state index is 0.00384. The Balaban J connectivity index is 0. The van der Waals surface area contributed by atoms with Gasteiger partial charge in [0.2, 0.25) is 0 Å². The van der Waals surface area contributed by atoms with Crippen molar-refractivity contribution < 1.29 is 62.7 Å². The van der Waals surface area contributed by atoms with Crippen LogP contribution in [0.1, 0.15) is 62.3 Å². The van der Waals surface area contributed by atoms with Crippen molar-refractivity contribution in [2.45, 2.75) is 117 Å². The summed E-state index contributed by atoms with van der Waals surface area (Å²) < 4.78 is 51.2. The lowest BCUT2D eigenvalue weighted by molar-refractivity contribution is -0.131. The number of carbonyl (C=O) groups is 1. The highest BCUT2D eigenvalue weighted by Gasteiger charge is 2.15. The van der Waals surface area contributed by atoms with E-state index < -0.39 is 12.1 Å². The molecule has 0 heterocycles. The summed E-state index contributed by atoms with van der Waals surface area (Å²) in [6.45, 7) is 24.5. The minimum atomic E-state index is -0.981. The van der Waals surface area contributed by atoms with E-state index in [1.807, 2.05) is 62.3 Å². The Labute approximate surface area is 271 Å². The van der Waals surface area contributed by atoms with Crippen LogP contribution in [0, 0.1) is 0 Å². The molecule has 3 N–H and O–H groups in total. The summed E-state index contributed by atoms with van der Waals surface area (Å²) in [6, 6.07) is 0. The summed E-state index contributed by atoms with van der Waals surface area (Å²) in [5, 5.41) is 26.4. The number of aliphatic hydroxyl groups excluding tert-OH is 2. The van der Waals surface area contributed by atoms with E-state index in [1.54, 1.807) is 0 Å². The topological polar surface area (TPSA) is 161 Å². The molecule has 0 radical (unpaired) electrons. The van der Waals surface area contributed by atoms with Crippen LogP contribution in [0.3, 0.4) is 0 Å². The van der Waals surface area contributed by atoms with Gasteiger partial charge in [-0.15, -0.1) is 0 Å². The molecule has 0 aliphatic rings. The predicted molar refractivity (Wildman–Crippen MR) is 171 cm³/mol. The SMILES string of the molecule is C=CC(=O)O.CCOCC(O)COC(C)COC(C)COC(C)COC(C)COC(C)COC(C)COC(C)COC(C)CO. The van der Waals surface area contributed by atoms with Crippen LogP contribution in [-0.4, -0.2) is 149 Å². The second kappa shape index (κ2) is 30.1. The molecule has 0 aromatic rings. The van der Waals surface area contributed by atoms with Gasteiger partial charge in [-0.05, 0) is 62.3 Å². The first-order valence-electron chi connectivity index (χ1n) is 15.9. The molecule has 0 saturated carbocycles. The minimum Gasteiger partial charge on any atom is -0.478 e. The molecule has 0 fully saturated rings. The predicted octanol–water partition coefficient (Wildman–Crippen LogP) is 2.87. The fourth-order valence-electron chi connectivity index (χ4n) is 3.07. The Bertz CT molecular complexity index is 683. The fourth-order valence-corrected chi connectivity index (χ4v) is 3.07. The summed E-state index contributed by atoms with van der Waals surface area (Å²) in [4.78, 5) is 9.25. The van der Waals surface area contributed by atoms with Crippen LogP contribution in [0.4, 0.5) is 0 Å². The van der Waals surface area contributed by atoms with Crippen molar-refractivity contribution in [2.24, 2.45) is 0 Å². The second-order valence-corrected chi connectivity index (χ2v) is 11.2. The highest BCUT2D eigenvalue weighted by Crippen LogP contribution is 2.05. The van der Waals surface area contributed by atoms with Gasteiger partial charge in [0.05, 0.1) is 115 Å². The highest BCUT2D eigenvalue weighted by atomic mass is 16.6. The van der Waals surface area contributed by atoms with Crippen molar-refractivity contribution in [3.05, 3.63) is 12.7 Å². The lowest BCUT2D eigenvalue weighted by Gasteiger charge is -2.23. The van der Waals surface area contributed by atoms with Gasteiger partial charge in [-0.1, -0.05) is 6.58 Å². The van der Waals surface area contributed by atoms with Gasteiger partial charge in [0.1, 0.15) is 6.10 Å². The van der Waals surface area contributed by atoms with Gasteiger partial charge in [0.15, 0.2) is 0 Å². The monoisotopic (exact) mass is 656 g/mol. The lowest BCUT2D eigenvalue weighted by atomic mass is 10.3. The molecular weight excluding hydrogens is 592 g/mol. The van der Waals surface area contributed by atoms with Crippen molar-refractivity contribution in [1.29, 1.82) is 0 Å². The highest BCUT2D eigenvalue weighted by molar-refractivity contribution is 5.78. The van der Waals surface area contributed by atoms with Gasteiger partial charge < -0.3 is 58.0 Å². The number of aliphatic hydroxyl groups is 2. The van der Waals surface area contributed by atoms with Gasteiger partial charge in [-0.3, -0.25) is 0 Å². The first-order chi connectivity index (χ1) is 21.2. The number of hydrogen-bond donors (Lipinski definition) is 3. The van der Waals surface area contributed by atoms with Gasteiger partial charge in [-0.2, -0.15) is 0 Å². The molecule has 0 aliphatic heterocycles. The molecule has 0 aromatic carbocycles. The normalized spacial score (nSPS) is 17.6. The van der Waals surface area contributed by atoms with Crippen LogP contribution in [-0.2, 0) is 47.4 Å². The molecule has 45 heavy (non-hydrogen) atoms. The average molecular weight is 657 g/mol. The number of aliphatic carboxylic acids is 1. The van der Waals surface area contributed by atoms with Gasteiger partial charge in [0.25, 0.3) is 0 Å². The van der Waals surface area contributed by atoms with E-state index in [1.165, 1.54) is 0 Å². The zero-order chi connectivity index (χ0) is 34.6. The summed E-state index contributed by atoms with van der Waals surface area (Å²) in [5.74, 6) is -0.981. The van der Waals surface area contributed by atoms with Crippen LogP contribution in [0.15, 0.2) is 12.7 Å². The van der Waals surface area contributed by atoms with Crippen LogP contribution < -0.4 is 0 Å². The summed E-state index contributed by atoms with van der Waals surface area (Å²) in [5.41, 5.74) is 0. The Morgan fingerprint density at radius 1 is 0.556 bits per heavy atom. The van der Waals surface area contributed by atoms with Crippen molar-refractivity contribution in [3.8, 4) is 0 Å². The van der Waals surface area contributed by atoms with E-state index in [0.29, 0.717) is 52.9 Å². The second-order valence-electron chi connectivity index (χ2n) is 11.2. The third kappa shape index (κ3) is 32.5. The van der Waals surface area contributed by atoms with E-state index in [9.17, 15) is 9.90 Å². The number of hydrogen-bond acceptors (Lipinski definition) is 12. The summed E-state index contributed by atoms with van der Waals surface area (Å²) in [6.07, 6.45) is -0.620. The van der Waals surface area contributed by atoms with Crippen LogP contribution in [0.25, 0.3) is 0 Å². The Hall–Kier alpha value is -1.23. The van der Waals surface area contributed by atoms with E-state index >= 15 is 0 Å². The first kappa shape index (κ1) is 45.9. The summed E-state index contributed by atoms with van der Waals surface area (Å²) in [7, 11) is 0. The lowest BCUT2D eigenvalue weighted by Crippen LogP contribution is -2.30. The van der Waals surface area contributed by atoms with Crippen molar-refractivity contribution >= 4 is 5.97 Å². The van der Waals surface area contributed by atoms with Gasteiger partial charge in [0, 0.05) is 12.7 Å². The van der Waals surface area contributed by atoms with E-state index in [4.69, 9.17) is 52.8 Å². The quantitative estimate of drug-likeness (QED) is 0.101. The Morgan fingerprint density at radius 2 is 0.800 bits per heavy atom. The van der Waals surface area contributed by atoms with E-state index in [2.05, 4.69) is 6.58 Å². The molecule has 0 bridgehead atoms. The zero-order valence-corrected chi connectivity index (χ0v) is 29.2. The smallest absolute Gasteiger partial charge is 0.327 e. The molecule has 0 aliphatic carbocycles. The van der Waals surface area contributed by atoms with Crippen molar-refractivity contribution in [1.82, 2.24) is 0 Å². The van der Waals surface area contributed by atoms with Crippen LogP contribution in [0.5, 0.6) is 0 Å². The van der Waals surface area contributed by atoms with Crippen molar-refractivity contribution in [2.75, 3.05) is 72.7 Å². The maximum absolute atomic E-state index is 9.76. The van der Waals surface area contributed by atoms with Gasteiger partial charge in [-0.25, -0.2) is 4.79 Å². The van der Waals surface area contributed by atoms with E-state index in [0.717, 1.165) is 6.08 Å². The number of carboxylic acids is 1. The first-order valence-corrected chi connectivity index (χ1v) is 15.9. The standard InChI is InChI=1S/C29H60O11.C3H4O2/c1-10-32-19-29(31)20-40-28(9)18-39-27(8)17-38-26(7)16-37-25(6)15-36-24(5)14-35-23(4)13-34-22(3)12-33-21(2)11-30;1-2-3(4)5/h21-31H,10-20H2,1-9H3;2H,1H2,(H,4,5). The number of rotatable bonds is 29. The maximum atomic E-state index is 9.76. The fraction of sp³-hybridized carbons (Fsp3) is 0.906.